The Hall–Kier alpha value is -4.49. The van der Waals surface area contributed by atoms with Gasteiger partial charge in [0.15, 0.2) is 6.61 Å². The number of hydrogen-bond acceptors (Lipinski definition) is 4. The molecule has 4 aromatic carbocycles. The molecule has 0 radical (unpaired) electrons. The van der Waals surface area contributed by atoms with E-state index in [9.17, 15) is 14.0 Å². The number of rotatable bonds is 11. The number of hydrogen-bond donors (Lipinski definition) is 2. The van der Waals surface area contributed by atoms with Crippen molar-refractivity contribution in [2.45, 2.75) is 19.8 Å². The van der Waals surface area contributed by atoms with E-state index in [-0.39, 0.29) is 24.0 Å². The number of nitrogens with one attached hydrogen (secondary N) is 2. The Morgan fingerprint density at radius 3 is 2.08 bits per heavy atom. The lowest BCUT2D eigenvalue weighted by Gasteiger charge is -2.12. The lowest BCUT2D eigenvalue weighted by Crippen LogP contribution is -2.25. The van der Waals surface area contributed by atoms with Gasteiger partial charge in [-0.05, 0) is 41.0 Å². The van der Waals surface area contributed by atoms with E-state index in [1.165, 1.54) is 18.2 Å². The SMILES string of the molecule is O=C(COc1ccccc1C(=O)NCc1ccc(COCc2ccccc2)cc1)Nc1ccccc1F. The molecule has 7 heteroatoms. The van der Waals surface area contributed by atoms with E-state index < -0.39 is 11.7 Å². The summed E-state index contributed by atoms with van der Waals surface area (Å²) in [7, 11) is 0. The minimum Gasteiger partial charge on any atom is -0.483 e. The number of carbonyl (C=O) groups is 2. The standard InChI is InChI=1S/C30H27FN2O4/c31-26-11-5-6-12-27(26)33-29(34)21-37-28-13-7-4-10-25(28)30(35)32-18-22-14-16-24(17-15-22)20-36-19-23-8-2-1-3-9-23/h1-17H,18-21H2,(H,32,35)(H,33,34). The molecular formula is C30H27FN2O4. The van der Waals surface area contributed by atoms with Gasteiger partial charge in [-0.1, -0.05) is 78.9 Å². The van der Waals surface area contributed by atoms with Crippen LogP contribution in [-0.2, 0) is 29.3 Å². The lowest BCUT2D eigenvalue weighted by atomic mass is 10.1. The second kappa shape index (κ2) is 13.0. The maximum Gasteiger partial charge on any atom is 0.262 e. The molecule has 4 aromatic rings. The minimum atomic E-state index is -0.539. The molecule has 188 valence electrons. The topological polar surface area (TPSA) is 76.7 Å². The van der Waals surface area contributed by atoms with Crippen LogP contribution in [0.1, 0.15) is 27.0 Å². The van der Waals surface area contributed by atoms with Gasteiger partial charge < -0.3 is 20.1 Å². The van der Waals surface area contributed by atoms with Gasteiger partial charge in [-0.25, -0.2) is 4.39 Å². The first-order valence-electron chi connectivity index (χ1n) is 11.8. The summed E-state index contributed by atoms with van der Waals surface area (Å²) in [4.78, 5) is 25.0. The fourth-order valence-electron chi connectivity index (χ4n) is 3.56. The van der Waals surface area contributed by atoms with Gasteiger partial charge >= 0.3 is 0 Å². The molecule has 0 saturated carbocycles. The molecule has 2 N–H and O–H groups in total. The molecule has 37 heavy (non-hydrogen) atoms. The van der Waals surface area contributed by atoms with Crippen molar-refractivity contribution in [1.29, 1.82) is 0 Å². The number of ether oxygens (including phenoxy) is 2. The van der Waals surface area contributed by atoms with Crippen molar-refractivity contribution in [3.8, 4) is 5.75 Å². The van der Waals surface area contributed by atoms with Gasteiger partial charge in [-0.15, -0.1) is 0 Å². The summed E-state index contributed by atoms with van der Waals surface area (Å²) >= 11 is 0. The molecule has 0 aliphatic carbocycles. The van der Waals surface area contributed by atoms with Crippen LogP contribution in [0, 0.1) is 5.82 Å². The van der Waals surface area contributed by atoms with Crippen LogP contribution in [0.2, 0.25) is 0 Å². The first-order valence-corrected chi connectivity index (χ1v) is 11.8. The largest absolute Gasteiger partial charge is 0.483 e. The zero-order valence-corrected chi connectivity index (χ0v) is 20.2. The van der Waals surface area contributed by atoms with Gasteiger partial charge in [0.2, 0.25) is 0 Å². The molecule has 0 aliphatic rings. The van der Waals surface area contributed by atoms with Crippen LogP contribution < -0.4 is 15.4 Å². The molecule has 0 spiro atoms. The van der Waals surface area contributed by atoms with E-state index in [1.807, 2.05) is 54.6 Å². The van der Waals surface area contributed by atoms with Crippen molar-refractivity contribution < 1.29 is 23.5 Å². The van der Waals surface area contributed by atoms with Crippen LogP contribution in [-0.4, -0.2) is 18.4 Å². The fraction of sp³-hybridized carbons (Fsp3) is 0.133. The molecule has 6 nitrogen and oxygen atoms in total. The third-order valence-electron chi connectivity index (χ3n) is 5.49. The highest BCUT2D eigenvalue weighted by atomic mass is 19.1. The molecule has 0 saturated heterocycles. The average molecular weight is 499 g/mol. The van der Waals surface area contributed by atoms with E-state index in [1.54, 1.807) is 30.3 Å². The summed E-state index contributed by atoms with van der Waals surface area (Å²) in [5.41, 5.74) is 3.46. The Morgan fingerprint density at radius 1 is 0.703 bits per heavy atom. The maximum absolute atomic E-state index is 13.7. The fourth-order valence-corrected chi connectivity index (χ4v) is 3.56. The molecule has 0 heterocycles. The summed E-state index contributed by atoms with van der Waals surface area (Å²) in [5, 5.41) is 5.33. The molecule has 0 fully saturated rings. The van der Waals surface area contributed by atoms with Crippen molar-refractivity contribution in [1.82, 2.24) is 5.32 Å². The highest BCUT2D eigenvalue weighted by Crippen LogP contribution is 2.19. The average Bonchev–Trinajstić information content (AvgIpc) is 2.93. The van der Waals surface area contributed by atoms with Crippen molar-refractivity contribution in [3.63, 3.8) is 0 Å². The number of para-hydroxylation sites is 2. The molecule has 0 atom stereocenters. The van der Waals surface area contributed by atoms with E-state index in [4.69, 9.17) is 9.47 Å². The van der Waals surface area contributed by atoms with Crippen LogP contribution >= 0.6 is 0 Å². The van der Waals surface area contributed by atoms with Crippen LogP contribution in [0.15, 0.2) is 103 Å². The summed E-state index contributed by atoms with van der Waals surface area (Å²) in [6.45, 7) is 1.00. The van der Waals surface area contributed by atoms with E-state index in [0.29, 0.717) is 25.3 Å². The predicted octanol–water partition coefficient (Wildman–Crippen LogP) is 5.49. The number of amides is 2. The van der Waals surface area contributed by atoms with Crippen LogP contribution in [0.4, 0.5) is 10.1 Å². The van der Waals surface area contributed by atoms with Gasteiger partial charge in [-0.2, -0.15) is 0 Å². The van der Waals surface area contributed by atoms with Gasteiger partial charge in [0.25, 0.3) is 11.8 Å². The van der Waals surface area contributed by atoms with Gasteiger partial charge in [0.05, 0.1) is 24.5 Å². The first kappa shape index (κ1) is 25.6. The Balaban J connectivity index is 1.25. The first-order chi connectivity index (χ1) is 18.1. The number of benzene rings is 4. The minimum absolute atomic E-state index is 0.0657. The second-order valence-electron chi connectivity index (χ2n) is 8.29. The summed E-state index contributed by atoms with van der Waals surface area (Å²) in [6, 6.07) is 30.3. The van der Waals surface area contributed by atoms with Crippen molar-refractivity contribution >= 4 is 17.5 Å². The lowest BCUT2D eigenvalue weighted by molar-refractivity contribution is -0.118. The molecule has 0 aliphatic heterocycles. The number of anilines is 1. The number of halogens is 1. The zero-order chi connectivity index (χ0) is 25.9. The normalized spacial score (nSPS) is 10.5. The second-order valence-corrected chi connectivity index (χ2v) is 8.29. The van der Waals surface area contributed by atoms with Gasteiger partial charge in [0.1, 0.15) is 11.6 Å². The quantitative estimate of drug-likeness (QED) is 0.287. The zero-order valence-electron chi connectivity index (χ0n) is 20.2. The molecule has 0 unspecified atom stereocenters. The summed E-state index contributed by atoms with van der Waals surface area (Å²) in [6.07, 6.45) is 0. The van der Waals surface area contributed by atoms with E-state index >= 15 is 0 Å². The van der Waals surface area contributed by atoms with Gasteiger partial charge in [-0.3, -0.25) is 9.59 Å². The Bertz CT molecular complexity index is 1330. The van der Waals surface area contributed by atoms with E-state index in [0.717, 1.165) is 16.7 Å². The maximum atomic E-state index is 13.7. The molecule has 0 bridgehead atoms. The Kier molecular flexibility index (Phi) is 8.99. The van der Waals surface area contributed by atoms with Crippen LogP contribution in [0.3, 0.4) is 0 Å². The smallest absolute Gasteiger partial charge is 0.262 e. The molecule has 2 amide bonds. The van der Waals surface area contributed by atoms with Crippen LogP contribution in [0.25, 0.3) is 0 Å². The van der Waals surface area contributed by atoms with Gasteiger partial charge in [0, 0.05) is 6.54 Å². The molecular weight excluding hydrogens is 471 g/mol. The third-order valence-corrected chi connectivity index (χ3v) is 5.49. The molecule has 4 rings (SSSR count). The summed E-state index contributed by atoms with van der Waals surface area (Å²) in [5.74, 6) is -1.15. The summed E-state index contributed by atoms with van der Waals surface area (Å²) < 4.78 is 25.1. The highest BCUT2D eigenvalue weighted by molar-refractivity contribution is 5.97. The van der Waals surface area contributed by atoms with Crippen molar-refractivity contribution in [2.24, 2.45) is 0 Å². The Labute approximate surface area is 215 Å². The highest BCUT2D eigenvalue weighted by Gasteiger charge is 2.14. The monoisotopic (exact) mass is 498 g/mol. The van der Waals surface area contributed by atoms with Crippen LogP contribution in [0.5, 0.6) is 5.75 Å². The Morgan fingerprint density at radius 2 is 1.32 bits per heavy atom. The van der Waals surface area contributed by atoms with E-state index in [2.05, 4.69) is 10.6 Å². The molecule has 0 aromatic heterocycles. The van der Waals surface area contributed by atoms with Crippen molar-refractivity contribution in [3.05, 3.63) is 131 Å². The third kappa shape index (κ3) is 7.75. The predicted molar refractivity (Wildman–Crippen MR) is 140 cm³/mol. The number of carbonyl (C=O) groups excluding carboxylic acids is 2. The van der Waals surface area contributed by atoms with Crippen molar-refractivity contribution in [2.75, 3.05) is 11.9 Å².